The van der Waals surface area contributed by atoms with Gasteiger partial charge in [0.1, 0.15) is 0 Å². The van der Waals surface area contributed by atoms with Crippen molar-refractivity contribution in [3.63, 3.8) is 0 Å². The molecule has 0 unspecified atom stereocenters. The zero-order valence-electron chi connectivity index (χ0n) is 4.85. The summed E-state index contributed by atoms with van der Waals surface area (Å²) in [7, 11) is 0. The normalized spacial score (nSPS) is 6.00. The van der Waals surface area contributed by atoms with Crippen LogP contribution in [0.3, 0.4) is 0 Å². The minimum Gasteiger partial charge on any atom is -0.507 e. The summed E-state index contributed by atoms with van der Waals surface area (Å²) < 4.78 is 20.5. The minimum absolute atomic E-state index is 0. The first-order chi connectivity index (χ1) is 3.33. The van der Waals surface area contributed by atoms with E-state index in [1.807, 2.05) is 0 Å². The van der Waals surface area contributed by atoms with Gasteiger partial charge in [-0.15, -0.1) is 0 Å². The van der Waals surface area contributed by atoms with Gasteiger partial charge in [-0.05, 0) is 1.37 Å². The van der Waals surface area contributed by atoms with Crippen LogP contribution in [-0.2, 0) is 48.4 Å². The molecule has 0 spiro atoms. The summed E-state index contributed by atoms with van der Waals surface area (Å²) in [5.74, 6) is 0. The summed E-state index contributed by atoms with van der Waals surface area (Å²) in [6.07, 6.45) is 2.35. The van der Waals surface area contributed by atoms with Crippen LogP contribution in [0.5, 0.6) is 0 Å². The van der Waals surface area contributed by atoms with E-state index < -0.39 is 11.5 Å². The van der Waals surface area contributed by atoms with E-state index in [-0.39, 0.29) is 39.6 Å². The fraction of sp³-hybridized carbons (Fsp3) is 0.333. The van der Waals surface area contributed by atoms with Crippen molar-refractivity contribution < 1.29 is 38.3 Å². The minimum atomic E-state index is -0.583. The molecule has 1 N–H and O–H groups in total. The number of thiol groups is 1. The van der Waals surface area contributed by atoms with Gasteiger partial charge in [-0.2, -0.15) is 6.90 Å². The number of nitrogens with one attached hydrogen (secondary N) is 1. The van der Waals surface area contributed by atoms with Crippen LogP contribution in [0.25, 0.3) is 0 Å². The van der Waals surface area contributed by atoms with Crippen LogP contribution in [0.15, 0.2) is 6.58 Å². The second-order valence-electron chi connectivity index (χ2n) is 0.341. The van der Waals surface area contributed by atoms with Crippen molar-refractivity contribution in [1.29, 1.82) is 4.78 Å². The summed E-state index contributed by atoms with van der Waals surface area (Å²) in [6, 6.07) is 0. The Labute approximate surface area is 73.7 Å². The summed E-state index contributed by atoms with van der Waals surface area (Å²) >= 11 is -0.583. The van der Waals surface area contributed by atoms with Crippen LogP contribution in [0, 0.1) is 10.9 Å². The Morgan fingerprint density at radius 3 is 2.29 bits per heavy atom. The quantitative estimate of drug-likeness (QED) is 0.348. The third-order valence-corrected chi connectivity index (χ3v) is 0. The summed E-state index contributed by atoms with van der Waals surface area (Å²) in [5.41, 5.74) is 0. The van der Waals surface area contributed by atoms with Crippen LogP contribution in [0.2, 0.25) is 0 Å². The van der Waals surface area contributed by atoms with E-state index in [9.17, 15) is 0 Å². The molecule has 0 heterocycles. The zero-order chi connectivity index (χ0) is 6.12. The van der Waals surface area contributed by atoms with Crippen molar-refractivity contribution in [3.05, 3.63) is 12.7 Å². The Hall–Kier alpha value is 0.794. The molecule has 0 atom stereocenters. The average molecular weight is 195 g/mol. The Morgan fingerprint density at radius 1 is 2.14 bits per heavy atom. The smallest absolute Gasteiger partial charge is 0 e. The van der Waals surface area contributed by atoms with E-state index in [0.29, 0.717) is 0 Å². The maximum Gasteiger partial charge on any atom is 0 e. The van der Waals surface area contributed by atoms with E-state index in [0.717, 1.165) is 0 Å². The predicted molar refractivity (Wildman–Crippen MR) is 26.7 cm³/mol. The molecule has 0 aliphatic carbocycles. The molecular weight excluding hydrogens is 187 g/mol. The van der Waals surface area contributed by atoms with Gasteiger partial charge in [0.15, 0.2) is 0 Å². The largest absolute Gasteiger partial charge is 0.507 e. The van der Waals surface area contributed by atoms with Crippen molar-refractivity contribution >= 4 is 11.5 Å². The monoisotopic (exact) mass is 195 g/mol. The second kappa shape index (κ2) is 29.2. The molecule has 0 fully saturated rings. The molecule has 0 saturated heterocycles. The Bertz CT molecular complexity index is 73.7. The molecule has 4 heteroatoms. The molecule has 1 radical (unpaired) electrons. The van der Waals surface area contributed by atoms with Gasteiger partial charge in [-0.1, -0.05) is 0 Å². The van der Waals surface area contributed by atoms with Crippen LogP contribution in [-0.4, -0.2) is 0 Å². The third-order valence-electron chi connectivity index (χ3n) is 0. The van der Waals surface area contributed by atoms with Crippen LogP contribution >= 0.6 is 0 Å². The van der Waals surface area contributed by atoms with Gasteiger partial charge in [0, 0.05) is 32.7 Å². The molecule has 0 aliphatic rings. The number of allylic oxidation sites excluding steroid dienone is 1. The summed E-state index contributed by atoms with van der Waals surface area (Å²) in [6.45, 7) is 3.38. The maximum absolute atomic E-state index is 8.57. The second-order valence-corrected chi connectivity index (χ2v) is 0.524. The molecule has 0 saturated carbocycles. The van der Waals surface area contributed by atoms with Crippen molar-refractivity contribution in [1.82, 2.24) is 0 Å². The van der Waals surface area contributed by atoms with E-state index >= 15 is 0 Å². The molecular formula is C3H7NOSY-2. The van der Waals surface area contributed by atoms with Crippen molar-refractivity contribution in [2.24, 2.45) is 0 Å². The predicted octanol–water partition coefficient (Wildman–Crippen LogP) is 0.902. The van der Waals surface area contributed by atoms with Crippen molar-refractivity contribution in [2.75, 3.05) is 0 Å². The number of hydrogen-bond donors (Lipinski definition) is 1. The van der Waals surface area contributed by atoms with Gasteiger partial charge < -0.3 is 15.1 Å². The topological polar surface area (TPSA) is 40.9 Å². The van der Waals surface area contributed by atoms with Gasteiger partial charge in [-0.3, -0.25) is 6.58 Å². The van der Waals surface area contributed by atoms with Crippen LogP contribution < -0.4 is 0 Å². The first kappa shape index (κ1) is 10.7. The molecule has 0 aromatic heterocycles. The maximum atomic E-state index is 8.57. The van der Waals surface area contributed by atoms with E-state index in [1.165, 1.54) is 0 Å². The molecule has 7 heavy (non-hydrogen) atoms. The fourth-order valence-electron chi connectivity index (χ4n) is 0. The molecule has 0 aromatic carbocycles. The summed E-state index contributed by atoms with van der Waals surface area (Å²) in [4.78, 5) is 0. The van der Waals surface area contributed by atoms with Crippen molar-refractivity contribution in [2.45, 2.75) is 6.90 Å². The van der Waals surface area contributed by atoms with Crippen LogP contribution in [0.1, 0.15) is 8.27 Å². The average Bonchev–Trinajstić information content (AvgIpc) is 1.69. The van der Waals surface area contributed by atoms with Crippen LogP contribution in [0.4, 0.5) is 0 Å². The molecule has 2 nitrogen and oxygen atoms in total. The number of hydrogen-bond acceptors (Lipinski definition) is 3. The SMILES string of the molecule is N=[SH-]=O.[2H]C[C-]=C.[Y]. The molecule has 0 aromatic rings. The molecule has 0 aliphatic heterocycles. The standard InChI is InChI=1S/C3H5.H2NOS.Y/c2*1-3-2;/h1H2,2H3;1,3H;/q2*-1;/i2D;;. The molecule has 41 valence electrons. The zero-order valence-corrected chi connectivity index (χ0v) is 7.58. The Balaban J connectivity index is -0.0000000575. The van der Waals surface area contributed by atoms with Gasteiger partial charge in [-0.25, -0.2) is 11.5 Å². The van der Waals surface area contributed by atoms with E-state index in [4.69, 9.17) is 10.4 Å². The Morgan fingerprint density at radius 2 is 2.29 bits per heavy atom. The van der Waals surface area contributed by atoms with E-state index in [1.54, 1.807) is 0 Å². The van der Waals surface area contributed by atoms with E-state index in [2.05, 4.69) is 12.7 Å². The first-order valence-corrected chi connectivity index (χ1v) is 1.93. The molecule has 0 rings (SSSR count). The summed E-state index contributed by atoms with van der Waals surface area (Å²) in [5, 5.41) is 0. The van der Waals surface area contributed by atoms with Gasteiger partial charge in [0.25, 0.3) is 0 Å². The first-order valence-electron chi connectivity index (χ1n) is 1.82. The van der Waals surface area contributed by atoms with Crippen molar-refractivity contribution in [3.8, 4) is 0 Å². The third kappa shape index (κ3) is 248. The Kier molecular flexibility index (Phi) is 44.7. The molecule has 0 bridgehead atoms. The van der Waals surface area contributed by atoms with Gasteiger partial charge in [0.2, 0.25) is 0 Å². The van der Waals surface area contributed by atoms with Gasteiger partial charge in [0.05, 0.1) is 0 Å². The molecule has 0 amide bonds. The number of rotatable bonds is 0. The van der Waals surface area contributed by atoms with Gasteiger partial charge >= 0.3 is 0 Å². The fourth-order valence-corrected chi connectivity index (χ4v) is 0.